The summed E-state index contributed by atoms with van der Waals surface area (Å²) in [6.07, 6.45) is -2.79. The van der Waals surface area contributed by atoms with Crippen LogP contribution in [0.25, 0.3) is 11.3 Å². The van der Waals surface area contributed by atoms with E-state index in [1.54, 1.807) is 43.5 Å². The predicted molar refractivity (Wildman–Crippen MR) is 98.8 cm³/mol. The molecule has 7 heteroatoms. The first kappa shape index (κ1) is 18.9. The van der Waals surface area contributed by atoms with E-state index in [9.17, 15) is 18.0 Å². The van der Waals surface area contributed by atoms with Gasteiger partial charge in [0.25, 0.3) is 5.91 Å². The molecule has 3 nitrogen and oxygen atoms in total. The van der Waals surface area contributed by atoms with E-state index in [4.69, 9.17) is 11.6 Å². The van der Waals surface area contributed by atoms with E-state index in [1.165, 1.54) is 12.1 Å². The summed E-state index contributed by atoms with van der Waals surface area (Å²) in [6, 6.07) is 12.9. The molecule has 3 rings (SSSR count). The SMILES string of the molecule is Cc1cc(-c2ncccc2Cl)ccc1C(=O)Nc1ccc(C(F)(F)F)cc1. The van der Waals surface area contributed by atoms with E-state index >= 15 is 0 Å². The minimum Gasteiger partial charge on any atom is -0.322 e. The van der Waals surface area contributed by atoms with Gasteiger partial charge in [0.15, 0.2) is 0 Å². The molecule has 2 aromatic carbocycles. The molecule has 0 radical (unpaired) electrons. The Morgan fingerprint density at radius 2 is 1.78 bits per heavy atom. The van der Waals surface area contributed by atoms with Crippen molar-refractivity contribution in [3.8, 4) is 11.3 Å². The van der Waals surface area contributed by atoms with Crippen molar-refractivity contribution in [2.45, 2.75) is 13.1 Å². The third kappa shape index (κ3) is 4.28. The average Bonchev–Trinajstić information content (AvgIpc) is 2.61. The Labute approximate surface area is 158 Å². The maximum absolute atomic E-state index is 12.6. The van der Waals surface area contributed by atoms with Gasteiger partial charge in [0.1, 0.15) is 0 Å². The lowest BCUT2D eigenvalue weighted by atomic mass is 10.0. The van der Waals surface area contributed by atoms with E-state index in [0.717, 1.165) is 17.7 Å². The molecule has 0 unspecified atom stereocenters. The first-order valence-corrected chi connectivity index (χ1v) is 8.33. The average molecular weight is 391 g/mol. The quantitative estimate of drug-likeness (QED) is 0.597. The summed E-state index contributed by atoms with van der Waals surface area (Å²) in [5.74, 6) is -0.411. The molecule has 0 fully saturated rings. The van der Waals surface area contributed by atoms with E-state index in [-0.39, 0.29) is 5.69 Å². The molecule has 0 aliphatic carbocycles. The summed E-state index contributed by atoms with van der Waals surface area (Å²) >= 11 is 6.14. The molecular formula is C20H14ClF3N2O. The molecule has 1 amide bonds. The van der Waals surface area contributed by atoms with Gasteiger partial charge in [-0.3, -0.25) is 9.78 Å². The molecule has 1 heterocycles. The molecule has 0 saturated heterocycles. The lowest BCUT2D eigenvalue weighted by Gasteiger charge is -2.11. The largest absolute Gasteiger partial charge is 0.416 e. The van der Waals surface area contributed by atoms with Gasteiger partial charge in [-0.1, -0.05) is 17.7 Å². The number of nitrogens with one attached hydrogen (secondary N) is 1. The normalized spacial score (nSPS) is 11.3. The minimum atomic E-state index is -4.41. The number of halogens is 4. The van der Waals surface area contributed by atoms with Crippen LogP contribution >= 0.6 is 11.6 Å². The summed E-state index contributed by atoms with van der Waals surface area (Å²) in [5.41, 5.74) is 1.99. The van der Waals surface area contributed by atoms with Crippen molar-refractivity contribution >= 4 is 23.2 Å². The van der Waals surface area contributed by atoms with Crippen molar-refractivity contribution in [2.75, 3.05) is 5.32 Å². The zero-order valence-electron chi connectivity index (χ0n) is 14.1. The molecule has 138 valence electrons. The zero-order valence-corrected chi connectivity index (χ0v) is 14.9. The first-order valence-electron chi connectivity index (χ1n) is 7.96. The van der Waals surface area contributed by atoms with Crippen LogP contribution in [0.4, 0.5) is 18.9 Å². The van der Waals surface area contributed by atoms with Crippen LogP contribution in [0.5, 0.6) is 0 Å². The molecular weight excluding hydrogens is 377 g/mol. The number of hydrogen-bond acceptors (Lipinski definition) is 2. The Hall–Kier alpha value is -2.86. The fourth-order valence-electron chi connectivity index (χ4n) is 2.60. The molecule has 0 bridgehead atoms. The number of aryl methyl sites for hydroxylation is 1. The summed E-state index contributed by atoms with van der Waals surface area (Å²) in [7, 11) is 0. The Kier molecular flexibility index (Phi) is 5.19. The highest BCUT2D eigenvalue weighted by molar-refractivity contribution is 6.33. The molecule has 3 aromatic rings. The number of amides is 1. The number of anilines is 1. The van der Waals surface area contributed by atoms with Crippen molar-refractivity contribution in [3.63, 3.8) is 0 Å². The Morgan fingerprint density at radius 3 is 2.37 bits per heavy atom. The van der Waals surface area contributed by atoms with E-state index in [2.05, 4.69) is 10.3 Å². The third-order valence-electron chi connectivity index (χ3n) is 3.97. The number of hydrogen-bond donors (Lipinski definition) is 1. The van der Waals surface area contributed by atoms with Crippen LogP contribution in [0, 0.1) is 6.92 Å². The molecule has 0 aliphatic rings. The molecule has 0 spiro atoms. The molecule has 27 heavy (non-hydrogen) atoms. The van der Waals surface area contributed by atoms with Gasteiger partial charge in [-0.15, -0.1) is 0 Å². The van der Waals surface area contributed by atoms with E-state index < -0.39 is 17.6 Å². The van der Waals surface area contributed by atoms with Gasteiger partial charge in [0.2, 0.25) is 0 Å². The second kappa shape index (κ2) is 7.40. The lowest BCUT2D eigenvalue weighted by Crippen LogP contribution is -2.14. The summed E-state index contributed by atoms with van der Waals surface area (Å²) in [6.45, 7) is 1.77. The zero-order chi connectivity index (χ0) is 19.6. The van der Waals surface area contributed by atoms with Gasteiger partial charge in [0, 0.05) is 23.0 Å². The second-order valence-electron chi connectivity index (χ2n) is 5.89. The Bertz CT molecular complexity index is 985. The van der Waals surface area contributed by atoms with Crippen LogP contribution in [0.1, 0.15) is 21.5 Å². The van der Waals surface area contributed by atoms with Crippen molar-refractivity contribution in [1.82, 2.24) is 4.98 Å². The summed E-state index contributed by atoms with van der Waals surface area (Å²) in [4.78, 5) is 16.7. The monoisotopic (exact) mass is 390 g/mol. The van der Waals surface area contributed by atoms with Gasteiger partial charge >= 0.3 is 6.18 Å². The standard InChI is InChI=1S/C20H14ClF3N2O/c1-12-11-13(18-17(21)3-2-10-25-18)4-9-16(12)19(27)26-15-7-5-14(6-8-15)20(22,23)24/h2-11H,1H3,(H,26,27). The number of carbonyl (C=O) groups excluding carboxylic acids is 1. The summed E-state index contributed by atoms with van der Waals surface area (Å²) < 4.78 is 37.8. The van der Waals surface area contributed by atoms with Gasteiger partial charge in [-0.2, -0.15) is 13.2 Å². The molecule has 0 aliphatic heterocycles. The highest BCUT2D eigenvalue weighted by Gasteiger charge is 2.30. The number of alkyl halides is 3. The third-order valence-corrected chi connectivity index (χ3v) is 4.28. The fraction of sp³-hybridized carbons (Fsp3) is 0.100. The van der Waals surface area contributed by atoms with E-state index in [0.29, 0.717) is 21.8 Å². The van der Waals surface area contributed by atoms with Crippen molar-refractivity contribution in [2.24, 2.45) is 0 Å². The predicted octanol–water partition coefficient (Wildman–Crippen LogP) is 5.98. The van der Waals surface area contributed by atoms with Crippen molar-refractivity contribution < 1.29 is 18.0 Å². The number of aromatic nitrogens is 1. The maximum atomic E-state index is 12.6. The van der Waals surface area contributed by atoms with Crippen LogP contribution in [0.2, 0.25) is 5.02 Å². The molecule has 1 N–H and O–H groups in total. The number of nitrogens with zero attached hydrogens (tertiary/aromatic N) is 1. The molecule has 0 atom stereocenters. The number of rotatable bonds is 3. The molecule has 1 aromatic heterocycles. The van der Waals surface area contributed by atoms with Crippen LogP contribution in [-0.2, 0) is 6.18 Å². The smallest absolute Gasteiger partial charge is 0.322 e. The van der Waals surface area contributed by atoms with Crippen LogP contribution in [0.15, 0.2) is 60.8 Å². The Balaban J connectivity index is 1.80. The Morgan fingerprint density at radius 1 is 1.07 bits per heavy atom. The second-order valence-corrected chi connectivity index (χ2v) is 6.30. The van der Waals surface area contributed by atoms with Crippen LogP contribution < -0.4 is 5.32 Å². The maximum Gasteiger partial charge on any atom is 0.416 e. The molecule has 0 saturated carbocycles. The lowest BCUT2D eigenvalue weighted by molar-refractivity contribution is -0.137. The van der Waals surface area contributed by atoms with Gasteiger partial charge in [-0.25, -0.2) is 0 Å². The van der Waals surface area contributed by atoms with Crippen LogP contribution in [0.3, 0.4) is 0 Å². The van der Waals surface area contributed by atoms with Crippen molar-refractivity contribution in [1.29, 1.82) is 0 Å². The highest BCUT2D eigenvalue weighted by Crippen LogP contribution is 2.30. The first-order chi connectivity index (χ1) is 12.8. The number of pyridine rings is 1. The van der Waals surface area contributed by atoms with Gasteiger partial charge in [0.05, 0.1) is 16.3 Å². The van der Waals surface area contributed by atoms with Gasteiger partial charge in [-0.05, 0) is 61.0 Å². The minimum absolute atomic E-state index is 0.282. The van der Waals surface area contributed by atoms with E-state index in [1.807, 2.05) is 0 Å². The number of benzene rings is 2. The summed E-state index contributed by atoms with van der Waals surface area (Å²) in [5, 5.41) is 3.10. The van der Waals surface area contributed by atoms with Crippen molar-refractivity contribution in [3.05, 3.63) is 82.5 Å². The number of carbonyl (C=O) groups is 1. The highest BCUT2D eigenvalue weighted by atomic mass is 35.5. The van der Waals surface area contributed by atoms with Crippen LogP contribution in [-0.4, -0.2) is 10.9 Å². The van der Waals surface area contributed by atoms with Gasteiger partial charge < -0.3 is 5.32 Å². The topological polar surface area (TPSA) is 42.0 Å². The fourth-order valence-corrected chi connectivity index (χ4v) is 2.84.